The molecule has 0 aliphatic rings. The highest BCUT2D eigenvalue weighted by molar-refractivity contribution is 14.0. The van der Waals surface area contributed by atoms with Crippen LogP contribution in [0.2, 0.25) is 0 Å². The Labute approximate surface area is 184 Å². The summed E-state index contributed by atoms with van der Waals surface area (Å²) in [6, 6.07) is 20.9. The van der Waals surface area contributed by atoms with Gasteiger partial charge in [-0.15, -0.1) is 24.0 Å². The van der Waals surface area contributed by atoms with Crippen LogP contribution in [0.5, 0.6) is 0 Å². The second kappa shape index (κ2) is 11.5. The number of nitrogens with zero attached hydrogens (tertiary/aromatic N) is 3. The SMILES string of the molecule is CN=C(NCc1nccn1Cc1ccccc1)NCC(C)c1ccccc1.I. The Morgan fingerprint density at radius 2 is 1.71 bits per heavy atom. The van der Waals surface area contributed by atoms with E-state index in [0.29, 0.717) is 12.5 Å². The Hall–Kier alpha value is -2.35. The number of rotatable bonds is 7. The Kier molecular flexibility index (Phi) is 9.00. The molecule has 3 rings (SSSR count). The molecule has 0 fully saturated rings. The standard InChI is InChI=1S/C22H27N5.HI/c1-18(20-11-7-4-8-12-20)15-25-22(23-2)26-16-21-24-13-14-27(21)17-19-9-5-3-6-10-19;/h3-14,18H,15-17H2,1-2H3,(H2,23,25,26);1H. The first-order valence-corrected chi connectivity index (χ1v) is 9.29. The number of guanidine groups is 1. The van der Waals surface area contributed by atoms with E-state index in [0.717, 1.165) is 24.9 Å². The fourth-order valence-corrected chi connectivity index (χ4v) is 2.96. The smallest absolute Gasteiger partial charge is 0.191 e. The third-order valence-corrected chi connectivity index (χ3v) is 4.58. The summed E-state index contributed by atoms with van der Waals surface area (Å²) in [5.74, 6) is 2.18. The Balaban J connectivity index is 0.00000280. The fourth-order valence-electron chi connectivity index (χ4n) is 2.96. The van der Waals surface area contributed by atoms with Crippen LogP contribution in [-0.4, -0.2) is 29.1 Å². The average Bonchev–Trinajstić information content (AvgIpc) is 3.16. The monoisotopic (exact) mass is 489 g/mol. The zero-order valence-electron chi connectivity index (χ0n) is 16.4. The number of imidazole rings is 1. The van der Waals surface area contributed by atoms with Crippen molar-refractivity contribution in [3.8, 4) is 0 Å². The van der Waals surface area contributed by atoms with Gasteiger partial charge in [-0.1, -0.05) is 67.6 Å². The maximum atomic E-state index is 4.48. The van der Waals surface area contributed by atoms with Crippen LogP contribution in [0, 0.1) is 0 Å². The predicted molar refractivity (Wildman–Crippen MR) is 126 cm³/mol. The molecule has 1 heterocycles. The van der Waals surface area contributed by atoms with Crippen LogP contribution in [0.1, 0.15) is 29.8 Å². The number of nitrogens with one attached hydrogen (secondary N) is 2. The highest BCUT2D eigenvalue weighted by atomic mass is 127. The summed E-state index contributed by atoms with van der Waals surface area (Å²) in [4.78, 5) is 8.80. The lowest BCUT2D eigenvalue weighted by Crippen LogP contribution is -2.39. The summed E-state index contributed by atoms with van der Waals surface area (Å²) < 4.78 is 2.15. The molecule has 0 radical (unpaired) electrons. The highest BCUT2D eigenvalue weighted by Crippen LogP contribution is 2.12. The van der Waals surface area contributed by atoms with Crippen molar-refractivity contribution in [2.75, 3.05) is 13.6 Å². The van der Waals surface area contributed by atoms with Crippen LogP contribution in [0.25, 0.3) is 0 Å². The normalized spacial score (nSPS) is 12.1. The first-order valence-electron chi connectivity index (χ1n) is 9.29. The van der Waals surface area contributed by atoms with Gasteiger partial charge in [-0.25, -0.2) is 4.98 Å². The molecule has 1 unspecified atom stereocenters. The van der Waals surface area contributed by atoms with Crippen LogP contribution in [-0.2, 0) is 13.1 Å². The van der Waals surface area contributed by atoms with Gasteiger partial charge in [-0.2, -0.15) is 0 Å². The van der Waals surface area contributed by atoms with Crippen molar-refractivity contribution in [3.05, 3.63) is 90.0 Å². The van der Waals surface area contributed by atoms with E-state index >= 15 is 0 Å². The zero-order chi connectivity index (χ0) is 18.9. The number of aliphatic imine (C=N–C) groups is 1. The third kappa shape index (κ3) is 6.37. The summed E-state index contributed by atoms with van der Waals surface area (Å²) in [6.45, 7) is 4.47. The minimum Gasteiger partial charge on any atom is -0.356 e. The summed E-state index contributed by atoms with van der Waals surface area (Å²) in [5, 5.41) is 6.76. The van der Waals surface area contributed by atoms with E-state index < -0.39 is 0 Å². The number of halogens is 1. The third-order valence-electron chi connectivity index (χ3n) is 4.58. The molecule has 0 amide bonds. The lowest BCUT2D eigenvalue weighted by molar-refractivity contribution is 0.670. The van der Waals surface area contributed by atoms with E-state index in [9.17, 15) is 0 Å². The molecule has 5 nitrogen and oxygen atoms in total. The molecule has 2 aromatic carbocycles. The van der Waals surface area contributed by atoms with Crippen LogP contribution in [0.4, 0.5) is 0 Å². The summed E-state index contributed by atoms with van der Waals surface area (Å²) in [6.07, 6.45) is 3.85. The minimum atomic E-state index is 0. The second-order valence-corrected chi connectivity index (χ2v) is 6.58. The maximum Gasteiger partial charge on any atom is 0.191 e. The topological polar surface area (TPSA) is 54.2 Å². The van der Waals surface area contributed by atoms with Crippen molar-refractivity contribution < 1.29 is 0 Å². The summed E-state index contributed by atoms with van der Waals surface area (Å²) >= 11 is 0. The van der Waals surface area contributed by atoms with Gasteiger partial charge < -0.3 is 15.2 Å². The summed E-state index contributed by atoms with van der Waals surface area (Å²) in [5.41, 5.74) is 2.58. The minimum absolute atomic E-state index is 0. The Morgan fingerprint density at radius 3 is 2.39 bits per heavy atom. The van der Waals surface area contributed by atoms with Gasteiger partial charge in [0, 0.05) is 32.5 Å². The second-order valence-electron chi connectivity index (χ2n) is 6.58. The van der Waals surface area contributed by atoms with E-state index in [1.165, 1.54) is 11.1 Å². The molecular formula is C22H28IN5. The Bertz CT molecular complexity index is 846. The van der Waals surface area contributed by atoms with Crippen molar-refractivity contribution >= 4 is 29.9 Å². The van der Waals surface area contributed by atoms with Gasteiger partial charge in [-0.3, -0.25) is 4.99 Å². The van der Waals surface area contributed by atoms with Crippen LogP contribution >= 0.6 is 24.0 Å². The largest absolute Gasteiger partial charge is 0.356 e. The molecular weight excluding hydrogens is 461 g/mol. The molecule has 0 bridgehead atoms. The number of aromatic nitrogens is 2. The van der Waals surface area contributed by atoms with E-state index in [1.807, 2.05) is 24.5 Å². The van der Waals surface area contributed by atoms with Crippen molar-refractivity contribution in [2.24, 2.45) is 4.99 Å². The van der Waals surface area contributed by atoms with E-state index in [1.54, 1.807) is 7.05 Å². The predicted octanol–water partition coefficient (Wildman–Crippen LogP) is 4.02. The molecule has 0 aliphatic heterocycles. The lowest BCUT2D eigenvalue weighted by atomic mass is 10.0. The Morgan fingerprint density at radius 1 is 1.04 bits per heavy atom. The van der Waals surface area contributed by atoms with E-state index in [2.05, 4.69) is 80.6 Å². The molecule has 28 heavy (non-hydrogen) atoms. The van der Waals surface area contributed by atoms with Gasteiger partial charge in [0.1, 0.15) is 5.82 Å². The maximum absolute atomic E-state index is 4.48. The molecule has 6 heteroatoms. The van der Waals surface area contributed by atoms with Crippen LogP contribution < -0.4 is 10.6 Å². The molecule has 0 aliphatic carbocycles. The first-order chi connectivity index (χ1) is 13.3. The average molecular weight is 489 g/mol. The first kappa shape index (κ1) is 21.9. The number of benzene rings is 2. The van der Waals surface area contributed by atoms with E-state index in [-0.39, 0.29) is 24.0 Å². The van der Waals surface area contributed by atoms with Crippen LogP contribution in [0.3, 0.4) is 0 Å². The molecule has 0 saturated carbocycles. The zero-order valence-corrected chi connectivity index (χ0v) is 18.7. The molecule has 2 N–H and O–H groups in total. The molecule has 1 aromatic heterocycles. The molecule has 3 aromatic rings. The number of hydrogen-bond acceptors (Lipinski definition) is 2. The van der Waals surface area contributed by atoms with Gasteiger partial charge in [0.05, 0.1) is 6.54 Å². The van der Waals surface area contributed by atoms with Crippen LogP contribution in [0.15, 0.2) is 78.0 Å². The molecule has 0 saturated heterocycles. The number of hydrogen-bond donors (Lipinski definition) is 2. The molecule has 0 spiro atoms. The summed E-state index contributed by atoms with van der Waals surface area (Å²) in [7, 11) is 1.79. The quantitative estimate of drug-likeness (QED) is 0.300. The molecule has 148 valence electrons. The van der Waals surface area contributed by atoms with Gasteiger partial charge >= 0.3 is 0 Å². The molecule has 1 atom stereocenters. The van der Waals surface area contributed by atoms with Gasteiger partial charge in [0.2, 0.25) is 0 Å². The van der Waals surface area contributed by atoms with Gasteiger partial charge in [-0.05, 0) is 17.0 Å². The highest BCUT2D eigenvalue weighted by Gasteiger charge is 2.08. The van der Waals surface area contributed by atoms with Crippen molar-refractivity contribution in [1.29, 1.82) is 0 Å². The van der Waals surface area contributed by atoms with Crippen molar-refractivity contribution in [2.45, 2.75) is 25.9 Å². The van der Waals surface area contributed by atoms with E-state index in [4.69, 9.17) is 0 Å². The lowest BCUT2D eigenvalue weighted by Gasteiger charge is -2.16. The van der Waals surface area contributed by atoms with Gasteiger partial charge in [0.25, 0.3) is 0 Å². The van der Waals surface area contributed by atoms with Gasteiger partial charge in [0.15, 0.2) is 5.96 Å². The van der Waals surface area contributed by atoms with Crippen molar-refractivity contribution in [1.82, 2.24) is 20.2 Å². The van der Waals surface area contributed by atoms with Crippen molar-refractivity contribution in [3.63, 3.8) is 0 Å². The fraction of sp³-hybridized carbons (Fsp3) is 0.273.